The lowest BCUT2D eigenvalue weighted by Gasteiger charge is -2.51. The summed E-state index contributed by atoms with van der Waals surface area (Å²) in [4.78, 5) is 20.4. The van der Waals surface area contributed by atoms with Gasteiger partial charge in [0.05, 0.1) is 18.8 Å². The van der Waals surface area contributed by atoms with Crippen LogP contribution in [0.3, 0.4) is 0 Å². The highest BCUT2D eigenvalue weighted by atomic mass is 16.5. The first kappa shape index (κ1) is 24.5. The molecule has 6 nitrogen and oxygen atoms in total. The lowest BCUT2D eigenvalue weighted by atomic mass is 9.68. The topological polar surface area (TPSA) is 56.2 Å². The van der Waals surface area contributed by atoms with Crippen molar-refractivity contribution in [3.05, 3.63) is 35.9 Å². The third kappa shape index (κ3) is 5.08. The van der Waals surface area contributed by atoms with Crippen LogP contribution in [0, 0.1) is 5.92 Å². The van der Waals surface area contributed by atoms with Crippen molar-refractivity contribution in [3.8, 4) is 0 Å². The molecule has 2 aliphatic carbocycles. The van der Waals surface area contributed by atoms with Gasteiger partial charge in [0, 0.05) is 31.8 Å². The number of ether oxygens (including phenoxy) is 1. The Labute approximate surface area is 199 Å². The van der Waals surface area contributed by atoms with E-state index in [1.165, 1.54) is 24.8 Å². The van der Waals surface area contributed by atoms with E-state index in [0.29, 0.717) is 19.1 Å². The number of carbonyl (C=O) groups is 1. The van der Waals surface area contributed by atoms with Gasteiger partial charge >= 0.3 is 6.03 Å². The molecule has 1 aromatic rings. The van der Waals surface area contributed by atoms with E-state index in [0.717, 1.165) is 58.2 Å². The van der Waals surface area contributed by atoms with Crippen LogP contribution in [0.5, 0.6) is 0 Å². The first-order valence-corrected chi connectivity index (χ1v) is 13.0. The molecule has 4 rings (SSSR count). The third-order valence-electron chi connectivity index (χ3n) is 8.60. The van der Waals surface area contributed by atoms with Crippen LogP contribution in [0.15, 0.2) is 30.3 Å². The number of amides is 2. The fourth-order valence-corrected chi connectivity index (χ4v) is 6.23. The molecule has 1 aromatic carbocycles. The van der Waals surface area contributed by atoms with Crippen molar-refractivity contribution in [1.82, 2.24) is 14.7 Å². The first-order valence-electron chi connectivity index (χ1n) is 13.0. The minimum Gasteiger partial charge on any atom is -0.394 e. The summed E-state index contributed by atoms with van der Waals surface area (Å²) < 4.78 is 5.40. The standard InChI is InChI=1S/C27H43N3O3/c1-28(2)27(24-11-4-3-5-12-24)15-13-26(14-16-27)22-29(17-6-7-19-33-20-18-31)25(32)30(26)21-23-9-8-10-23/h3-5,11-12,23,31H,6-10,13-22H2,1-2H3. The molecule has 0 aromatic heterocycles. The van der Waals surface area contributed by atoms with Gasteiger partial charge in [-0.05, 0) is 76.9 Å². The molecule has 1 saturated heterocycles. The van der Waals surface area contributed by atoms with E-state index in [-0.39, 0.29) is 23.7 Å². The Morgan fingerprint density at radius 2 is 1.79 bits per heavy atom. The van der Waals surface area contributed by atoms with Gasteiger partial charge in [0.2, 0.25) is 0 Å². The Hall–Kier alpha value is -1.63. The van der Waals surface area contributed by atoms with Crippen molar-refractivity contribution >= 4 is 6.03 Å². The highest BCUT2D eigenvalue weighted by molar-refractivity contribution is 5.78. The molecule has 33 heavy (non-hydrogen) atoms. The van der Waals surface area contributed by atoms with Crippen molar-refractivity contribution in [3.63, 3.8) is 0 Å². The number of hydrogen-bond acceptors (Lipinski definition) is 4. The van der Waals surface area contributed by atoms with Gasteiger partial charge in [-0.25, -0.2) is 4.79 Å². The Balaban J connectivity index is 1.45. The van der Waals surface area contributed by atoms with Gasteiger partial charge in [0.15, 0.2) is 0 Å². The molecule has 0 bridgehead atoms. The quantitative estimate of drug-likeness (QED) is 0.509. The van der Waals surface area contributed by atoms with Crippen molar-refractivity contribution in [2.75, 3.05) is 53.6 Å². The molecule has 1 spiro atoms. The van der Waals surface area contributed by atoms with E-state index in [9.17, 15) is 4.79 Å². The maximum atomic E-state index is 13.6. The van der Waals surface area contributed by atoms with Gasteiger partial charge in [-0.15, -0.1) is 0 Å². The predicted octanol–water partition coefficient (Wildman–Crippen LogP) is 4.08. The van der Waals surface area contributed by atoms with Gasteiger partial charge < -0.3 is 19.6 Å². The Morgan fingerprint density at radius 1 is 1.06 bits per heavy atom. The second-order valence-corrected chi connectivity index (χ2v) is 10.7. The van der Waals surface area contributed by atoms with Gasteiger partial charge in [0.1, 0.15) is 0 Å². The molecule has 3 fully saturated rings. The summed E-state index contributed by atoms with van der Waals surface area (Å²) in [6, 6.07) is 11.2. The predicted molar refractivity (Wildman–Crippen MR) is 131 cm³/mol. The molecule has 2 amide bonds. The molecule has 1 N–H and O–H groups in total. The lowest BCUT2D eigenvalue weighted by Crippen LogP contribution is -2.56. The second-order valence-electron chi connectivity index (χ2n) is 10.7. The Morgan fingerprint density at radius 3 is 2.39 bits per heavy atom. The molecule has 1 aliphatic heterocycles. The Bertz CT molecular complexity index is 757. The number of aliphatic hydroxyl groups excluding tert-OH is 1. The van der Waals surface area contributed by atoms with Crippen molar-refractivity contribution in [1.29, 1.82) is 0 Å². The Kier molecular flexibility index (Phi) is 7.98. The van der Waals surface area contributed by atoms with Crippen LogP contribution in [-0.2, 0) is 10.3 Å². The lowest BCUT2D eigenvalue weighted by molar-refractivity contribution is 0.0159. The van der Waals surface area contributed by atoms with Gasteiger partial charge in [-0.3, -0.25) is 4.90 Å². The number of hydrogen-bond donors (Lipinski definition) is 1. The summed E-state index contributed by atoms with van der Waals surface area (Å²) in [5.41, 5.74) is 1.43. The molecule has 1 heterocycles. The van der Waals surface area contributed by atoms with Crippen molar-refractivity contribution in [2.45, 2.75) is 68.9 Å². The van der Waals surface area contributed by atoms with Gasteiger partial charge in [0.25, 0.3) is 0 Å². The largest absolute Gasteiger partial charge is 0.394 e. The molecule has 3 aliphatic rings. The smallest absolute Gasteiger partial charge is 0.320 e. The van der Waals surface area contributed by atoms with Gasteiger partial charge in [-0.1, -0.05) is 36.8 Å². The number of urea groups is 1. The van der Waals surface area contributed by atoms with E-state index in [4.69, 9.17) is 9.84 Å². The van der Waals surface area contributed by atoms with E-state index >= 15 is 0 Å². The number of rotatable bonds is 11. The highest BCUT2D eigenvalue weighted by Gasteiger charge is 2.54. The van der Waals surface area contributed by atoms with Crippen molar-refractivity contribution in [2.24, 2.45) is 5.92 Å². The summed E-state index contributed by atoms with van der Waals surface area (Å²) in [7, 11) is 4.42. The minimum absolute atomic E-state index is 0.0195. The monoisotopic (exact) mass is 457 g/mol. The number of nitrogens with zero attached hydrogens (tertiary/aromatic N) is 3. The zero-order chi connectivity index (χ0) is 23.3. The molecule has 6 heteroatoms. The molecular weight excluding hydrogens is 414 g/mol. The summed E-state index contributed by atoms with van der Waals surface area (Å²) in [6.07, 6.45) is 10.0. The van der Waals surface area contributed by atoms with Crippen molar-refractivity contribution < 1.29 is 14.6 Å². The molecule has 184 valence electrons. The molecular formula is C27H43N3O3. The second kappa shape index (κ2) is 10.7. The van der Waals surface area contributed by atoms with Gasteiger partial charge in [-0.2, -0.15) is 0 Å². The average Bonchev–Trinajstić information content (AvgIpc) is 3.05. The minimum atomic E-state index is -0.0195. The summed E-state index contributed by atoms with van der Waals surface area (Å²) in [5.74, 6) is 0.687. The van der Waals surface area contributed by atoms with Crippen LogP contribution in [0.1, 0.15) is 63.4 Å². The normalized spacial score (nSPS) is 28.2. The number of unbranched alkanes of at least 4 members (excludes halogenated alkanes) is 1. The summed E-state index contributed by atoms with van der Waals surface area (Å²) in [6.45, 7) is 3.74. The third-order valence-corrected chi connectivity index (χ3v) is 8.60. The zero-order valence-electron chi connectivity index (χ0n) is 20.7. The first-order chi connectivity index (χ1) is 16.0. The number of carbonyl (C=O) groups excluding carboxylic acids is 1. The SMILES string of the molecule is CN(C)C1(c2ccccc2)CCC2(CC1)CN(CCCCOCCO)C(=O)N2CC1CCC1. The molecule has 0 radical (unpaired) electrons. The van der Waals surface area contributed by atoms with Crippen LogP contribution >= 0.6 is 0 Å². The molecule has 0 unspecified atom stereocenters. The molecule has 0 atom stereocenters. The highest BCUT2D eigenvalue weighted by Crippen LogP contribution is 2.49. The van der Waals surface area contributed by atoms with E-state index in [2.05, 4.69) is 59.1 Å². The fraction of sp³-hybridized carbons (Fsp3) is 0.741. The molecule has 2 saturated carbocycles. The zero-order valence-corrected chi connectivity index (χ0v) is 20.7. The maximum Gasteiger partial charge on any atom is 0.320 e. The average molecular weight is 458 g/mol. The van der Waals surface area contributed by atoms with Crippen LogP contribution in [0.25, 0.3) is 0 Å². The van der Waals surface area contributed by atoms with E-state index < -0.39 is 0 Å². The number of aliphatic hydroxyl groups is 1. The van der Waals surface area contributed by atoms with Crippen LogP contribution in [0.2, 0.25) is 0 Å². The van der Waals surface area contributed by atoms with Crippen LogP contribution < -0.4 is 0 Å². The fourth-order valence-electron chi connectivity index (χ4n) is 6.23. The van der Waals surface area contributed by atoms with E-state index in [1.807, 2.05) is 0 Å². The number of benzene rings is 1. The summed E-state index contributed by atoms with van der Waals surface area (Å²) in [5, 5.41) is 8.85. The van der Waals surface area contributed by atoms with Crippen LogP contribution in [0.4, 0.5) is 4.79 Å². The van der Waals surface area contributed by atoms with Crippen LogP contribution in [-0.4, -0.2) is 84.9 Å². The summed E-state index contributed by atoms with van der Waals surface area (Å²) >= 11 is 0. The maximum absolute atomic E-state index is 13.6. The van der Waals surface area contributed by atoms with E-state index in [1.54, 1.807) is 0 Å².